The molecule has 0 amide bonds. The Bertz CT molecular complexity index is 17.2. The maximum Gasteiger partial charge on any atom is 0.107 e. The van der Waals surface area contributed by atoms with Crippen LogP contribution in [0.3, 0.4) is 0 Å². The number of hydrogen-bond acceptors (Lipinski definition) is 3. The molecule has 0 spiro atoms. The monoisotopic (exact) mass is 59.0 g/mol. The molecule has 4 heavy (non-hydrogen) atoms. The van der Waals surface area contributed by atoms with Crippen LogP contribution < -0.4 is 5.73 Å². The Morgan fingerprint density at radius 3 is 2.25 bits per heavy atom. The predicted octanol–water partition coefficient (Wildman–Crippen LogP) is -0.0664. The lowest BCUT2D eigenvalue weighted by Gasteiger charge is -1.60. The second-order valence-corrected chi connectivity index (χ2v) is 0.341. The van der Waals surface area contributed by atoms with Gasteiger partial charge in [-0.3, -0.25) is 0 Å². The zero-order chi connectivity index (χ0) is 3.41. The van der Waals surface area contributed by atoms with E-state index in [4.69, 9.17) is 5.53 Å². The molecule has 3 nitrogen and oxygen atoms in total. The number of nitrogens with one attached hydrogen (secondary N) is 1. The fourth-order valence-electron chi connectivity index (χ4n) is 0. The summed E-state index contributed by atoms with van der Waals surface area (Å²) in [5.41, 5.74) is 10.6. The van der Waals surface area contributed by atoms with E-state index < -0.39 is 0 Å². The molecule has 0 aromatic rings. The summed E-state index contributed by atoms with van der Waals surface area (Å²) in [4.78, 5) is 0. The highest BCUT2D eigenvalue weighted by molar-refractivity contribution is 4.04. The summed E-state index contributed by atoms with van der Waals surface area (Å²) in [7, 11) is 0. The minimum absolute atomic E-state index is 0.111. The van der Waals surface area contributed by atoms with E-state index in [1.807, 2.05) is 0 Å². The Kier molecular flexibility index (Phi) is 2.28. The molecular formula is CH5N3. The van der Waals surface area contributed by atoms with Crippen molar-refractivity contribution in [3.05, 3.63) is 0 Å². The molecule has 0 aliphatic rings. The Morgan fingerprint density at radius 1 is 2.00 bits per heavy atom. The van der Waals surface area contributed by atoms with E-state index in [0.717, 1.165) is 0 Å². The fraction of sp³-hybridized carbons (Fsp3) is 1.00. The topological polar surface area (TPSA) is 62.2 Å². The summed E-state index contributed by atoms with van der Waals surface area (Å²) in [6.07, 6.45) is 0. The Hall–Kier alpha value is -0.440. The maximum absolute atomic E-state index is 5.95. The smallest absolute Gasteiger partial charge is 0.107 e. The molecule has 0 radical (unpaired) electrons. The van der Waals surface area contributed by atoms with Gasteiger partial charge < -0.3 is 5.73 Å². The van der Waals surface area contributed by atoms with Crippen LogP contribution >= 0.6 is 0 Å². The highest BCUT2D eigenvalue weighted by Crippen LogP contribution is 1.40. The maximum atomic E-state index is 5.95. The first kappa shape index (κ1) is 3.56. The summed E-state index contributed by atoms with van der Waals surface area (Å²) >= 11 is 0. The molecule has 0 aliphatic carbocycles. The summed E-state index contributed by atoms with van der Waals surface area (Å²) in [6, 6.07) is 0. The molecule has 0 heterocycles. The van der Waals surface area contributed by atoms with Gasteiger partial charge >= 0.3 is 0 Å². The van der Waals surface area contributed by atoms with E-state index in [9.17, 15) is 0 Å². The molecule has 0 aromatic carbocycles. The highest BCUT2D eigenvalue weighted by atomic mass is 15.0. The van der Waals surface area contributed by atoms with Crippen molar-refractivity contribution in [1.82, 2.24) is 0 Å². The van der Waals surface area contributed by atoms with Crippen molar-refractivity contribution >= 4 is 0 Å². The lowest BCUT2D eigenvalue weighted by molar-refractivity contribution is 0.918. The minimum atomic E-state index is 0.111. The number of hydrogen-bond donors (Lipinski definition) is 2. The van der Waals surface area contributed by atoms with Gasteiger partial charge in [0.1, 0.15) is 6.67 Å². The third-order valence-electron chi connectivity index (χ3n) is 0.0913. The third-order valence-corrected chi connectivity index (χ3v) is 0.0913. The van der Waals surface area contributed by atoms with Crippen molar-refractivity contribution < 1.29 is 0 Å². The first-order valence-electron chi connectivity index (χ1n) is 0.948. The number of rotatable bonds is 1. The van der Waals surface area contributed by atoms with Gasteiger partial charge in [0.2, 0.25) is 0 Å². The van der Waals surface area contributed by atoms with E-state index >= 15 is 0 Å². The van der Waals surface area contributed by atoms with Crippen molar-refractivity contribution in [3.8, 4) is 0 Å². The Labute approximate surface area is 24.3 Å². The molecule has 0 aliphatic heterocycles. The largest absolute Gasteiger partial charge is 0.311 e. The fourth-order valence-corrected chi connectivity index (χ4v) is 0. The molecule has 24 valence electrons. The second kappa shape index (κ2) is 2.56. The van der Waals surface area contributed by atoms with Crippen LogP contribution in [-0.4, -0.2) is 6.67 Å². The molecule has 0 aromatic heterocycles. The van der Waals surface area contributed by atoms with Crippen LogP contribution in [0, 0.1) is 5.53 Å². The zero-order valence-corrected chi connectivity index (χ0v) is 2.23. The summed E-state index contributed by atoms with van der Waals surface area (Å²) < 4.78 is 0. The van der Waals surface area contributed by atoms with Crippen molar-refractivity contribution in [2.24, 2.45) is 10.8 Å². The molecule has 0 saturated heterocycles. The van der Waals surface area contributed by atoms with Gasteiger partial charge in [0.25, 0.3) is 0 Å². The van der Waals surface area contributed by atoms with Gasteiger partial charge in [0, 0.05) is 0 Å². The van der Waals surface area contributed by atoms with Crippen molar-refractivity contribution in [2.45, 2.75) is 0 Å². The molecule has 0 rings (SSSR count). The van der Waals surface area contributed by atoms with Crippen molar-refractivity contribution in [1.29, 1.82) is 5.53 Å². The third kappa shape index (κ3) is 1.56. The normalized spacial score (nSPS) is 6.25. The lowest BCUT2D eigenvalue weighted by Crippen LogP contribution is -1.89. The predicted molar refractivity (Wildman–Crippen MR) is 14.2 cm³/mol. The average molecular weight is 59.1 g/mol. The molecule has 3 heteroatoms. The van der Waals surface area contributed by atoms with E-state index in [-0.39, 0.29) is 6.67 Å². The van der Waals surface area contributed by atoms with E-state index in [1.54, 1.807) is 0 Å². The van der Waals surface area contributed by atoms with Gasteiger partial charge in [-0.2, -0.15) is 5.11 Å². The summed E-state index contributed by atoms with van der Waals surface area (Å²) in [5.74, 6) is 0. The first-order chi connectivity index (χ1) is 1.91. The zero-order valence-electron chi connectivity index (χ0n) is 2.23. The Morgan fingerprint density at radius 2 is 2.25 bits per heavy atom. The van der Waals surface area contributed by atoms with Crippen LogP contribution in [0.5, 0.6) is 0 Å². The molecule has 0 atom stereocenters. The highest BCUT2D eigenvalue weighted by Gasteiger charge is 1.44. The molecule has 0 saturated carbocycles. The van der Waals surface area contributed by atoms with Gasteiger partial charge in [-0.1, -0.05) is 0 Å². The van der Waals surface area contributed by atoms with Crippen LogP contribution in [0.4, 0.5) is 0 Å². The molecule has 0 fully saturated rings. The van der Waals surface area contributed by atoms with Crippen LogP contribution in [0.15, 0.2) is 5.11 Å². The van der Waals surface area contributed by atoms with Crippen molar-refractivity contribution in [3.63, 3.8) is 0 Å². The van der Waals surface area contributed by atoms with Gasteiger partial charge in [-0.05, 0) is 0 Å². The average Bonchev–Trinajstić information content (AvgIpc) is 1.37. The number of nitrogens with zero attached hydrogens (tertiary/aromatic N) is 1. The minimum Gasteiger partial charge on any atom is -0.311 e. The van der Waals surface area contributed by atoms with E-state index in [2.05, 4.69) is 10.8 Å². The van der Waals surface area contributed by atoms with E-state index in [1.165, 1.54) is 0 Å². The van der Waals surface area contributed by atoms with Crippen LogP contribution in [0.1, 0.15) is 0 Å². The van der Waals surface area contributed by atoms with Gasteiger partial charge in [0.15, 0.2) is 0 Å². The SMILES string of the molecule is N=NCN. The molecular weight excluding hydrogens is 54.0 g/mol. The summed E-state index contributed by atoms with van der Waals surface area (Å²) in [6.45, 7) is 0.111. The second-order valence-electron chi connectivity index (χ2n) is 0.341. The van der Waals surface area contributed by atoms with Gasteiger partial charge in [-0.25, -0.2) is 5.53 Å². The Balaban J connectivity index is 2.30. The standard InChI is InChI=1S/CH5N3/c2-1-4-3/h3H,1-2H2. The quantitative estimate of drug-likeness (QED) is 0.408. The van der Waals surface area contributed by atoms with Gasteiger partial charge in [-0.15, -0.1) is 0 Å². The van der Waals surface area contributed by atoms with E-state index in [0.29, 0.717) is 0 Å². The first-order valence-corrected chi connectivity index (χ1v) is 0.948. The van der Waals surface area contributed by atoms with Crippen LogP contribution in [0.25, 0.3) is 0 Å². The molecule has 0 unspecified atom stereocenters. The van der Waals surface area contributed by atoms with Gasteiger partial charge in [0.05, 0.1) is 0 Å². The molecule has 0 bridgehead atoms. The number of nitrogens with two attached hydrogens (primary N) is 1. The lowest BCUT2D eigenvalue weighted by atomic mass is 11.3. The van der Waals surface area contributed by atoms with Crippen LogP contribution in [0.2, 0.25) is 0 Å². The van der Waals surface area contributed by atoms with Crippen molar-refractivity contribution in [2.75, 3.05) is 6.67 Å². The van der Waals surface area contributed by atoms with Crippen LogP contribution in [-0.2, 0) is 0 Å². The molecule has 3 N–H and O–H groups in total. The summed E-state index contributed by atoms with van der Waals surface area (Å²) in [5, 5.41) is 2.76.